The molecule has 1 fully saturated rings. The maximum absolute atomic E-state index is 13.0. The Hall–Kier alpha value is -2.21. The minimum absolute atomic E-state index is 0.00835. The summed E-state index contributed by atoms with van der Waals surface area (Å²) >= 11 is 0. The van der Waals surface area contributed by atoms with Crippen molar-refractivity contribution in [1.82, 2.24) is 15.0 Å². The van der Waals surface area contributed by atoms with Crippen LogP contribution in [0.15, 0.2) is 34.9 Å². The van der Waals surface area contributed by atoms with Gasteiger partial charge in [0.15, 0.2) is 11.9 Å². The Kier molecular flexibility index (Phi) is 5.48. The molecule has 0 N–H and O–H groups in total. The van der Waals surface area contributed by atoms with E-state index in [1.165, 1.54) is 0 Å². The summed E-state index contributed by atoms with van der Waals surface area (Å²) in [5, 5.41) is 4.12. The number of nitrogens with zero attached hydrogens (tertiary/aromatic N) is 3. The van der Waals surface area contributed by atoms with Crippen LogP contribution in [0.1, 0.15) is 61.9 Å². The lowest BCUT2D eigenvalue weighted by atomic mass is 9.96. The number of hydrogen-bond acceptors (Lipinski definition) is 5. The first kappa shape index (κ1) is 17.6. The van der Waals surface area contributed by atoms with E-state index >= 15 is 0 Å². The van der Waals surface area contributed by atoms with Crippen LogP contribution in [0, 0.1) is 0 Å². The van der Waals surface area contributed by atoms with Crippen molar-refractivity contribution in [2.45, 2.75) is 44.6 Å². The highest BCUT2D eigenvalue weighted by molar-refractivity contribution is 5.82. The lowest BCUT2D eigenvalue weighted by molar-refractivity contribution is -0.143. The molecule has 25 heavy (non-hydrogen) atoms. The summed E-state index contributed by atoms with van der Waals surface area (Å²) in [6.07, 6.45) is 1.31. The number of benzene rings is 1. The number of amides is 1. The van der Waals surface area contributed by atoms with Crippen molar-refractivity contribution in [1.29, 1.82) is 0 Å². The molecule has 1 aromatic carbocycles. The normalized spacial score (nSPS) is 19.2. The highest BCUT2D eigenvalue weighted by atomic mass is 16.5. The average molecular weight is 343 g/mol. The topological polar surface area (TPSA) is 68.5 Å². The zero-order chi connectivity index (χ0) is 17.8. The van der Waals surface area contributed by atoms with Crippen LogP contribution in [0.4, 0.5) is 0 Å². The van der Waals surface area contributed by atoms with Crippen molar-refractivity contribution in [2.75, 3.05) is 20.2 Å². The predicted molar refractivity (Wildman–Crippen MR) is 93.1 cm³/mol. The molecule has 1 saturated heterocycles. The Bertz CT molecular complexity index is 699. The second-order valence-corrected chi connectivity index (χ2v) is 6.80. The van der Waals surface area contributed by atoms with Crippen molar-refractivity contribution in [3.8, 4) is 0 Å². The average Bonchev–Trinajstić information content (AvgIpc) is 3.14. The molecule has 2 heterocycles. The van der Waals surface area contributed by atoms with Gasteiger partial charge in [-0.1, -0.05) is 49.3 Å². The van der Waals surface area contributed by atoms with Crippen molar-refractivity contribution in [3.63, 3.8) is 0 Å². The predicted octanol–water partition coefficient (Wildman–Crippen LogP) is 3.29. The molecular formula is C19H25N3O3. The molecule has 6 nitrogen and oxygen atoms in total. The van der Waals surface area contributed by atoms with Crippen molar-refractivity contribution in [2.24, 2.45) is 0 Å². The van der Waals surface area contributed by atoms with E-state index in [0.29, 0.717) is 18.3 Å². The Morgan fingerprint density at radius 2 is 2.08 bits per heavy atom. The first-order valence-electron chi connectivity index (χ1n) is 8.80. The smallest absolute Gasteiger partial charge is 0.256 e. The van der Waals surface area contributed by atoms with Crippen molar-refractivity contribution in [3.05, 3.63) is 47.6 Å². The third-order valence-electron chi connectivity index (χ3n) is 4.61. The van der Waals surface area contributed by atoms with Gasteiger partial charge in [0.05, 0.1) is 0 Å². The van der Waals surface area contributed by atoms with Gasteiger partial charge in [0, 0.05) is 32.0 Å². The van der Waals surface area contributed by atoms with Gasteiger partial charge in [0.2, 0.25) is 5.89 Å². The van der Waals surface area contributed by atoms with E-state index in [0.717, 1.165) is 24.9 Å². The SMILES string of the molecule is CO[C@@H](C(=O)N1CCC[C@@H](c2noc(C(C)C)n2)C1)c1ccccc1. The van der Waals surface area contributed by atoms with E-state index in [1.54, 1.807) is 7.11 Å². The third kappa shape index (κ3) is 3.90. The Morgan fingerprint density at radius 3 is 2.72 bits per heavy atom. The molecule has 3 rings (SSSR count). The van der Waals surface area contributed by atoms with Crippen molar-refractivity contribution < 1.29 is 14.1 Å². The number of carbonyl (C=O) groups is 1. The Morgan fingerprint density at radius 1 is 1.32 bits per heavy atom. The fourth-order valence-corrected chi connectivity index (χ4v) is 3.21. The molecule has 0 radical (unpaired) electrons. The van der Waals surface area contributed by atoms with Crippen LogP contribution >= 0.6 is 0 Å². The molecule has 134 valence electrons. The number of aromatic nitrogens is 2. The van der Waals surface area contributed by atoms with Crippen LogP contribution in [0.2, 0.25) is 0 Å². The summed E-state index contributed by atoms with van der Waals surface area (Å²) in [4.78, 5) is 19.3. The van der Waals surface area contributed by atoms with Gasteiger partial charge in [-0.15, -0.1) is 0 Å². The first-order valence-corrected chi connectivity index (χ1v) is 8.80. The molecule has 1 aromatic heterocycles. The van der Waals surface area contributed by atoms with Gasteiger partial charge < -0.3 is 14.2 Å². The molecule has 2 aromatic rings. The van der Waals surface area contributed by atoms with Gasteiger partial charge in [0.25, 0.3) is 5.91 Å². The maximum atomic E-state index is 13.0. The van der Waals surface area contributed by atoms with E-state index < -0.39 is 6.10 Å². The fraction of sp³-hybridized carbons (Fsp3) is 0.526. The minimum atomic E-state index is -0.573. The van der Waals surface area contributed by atoms with Crippen molar-refractivity contribution >= 4 is 5.91 Å². The van der Waals surface area contributed by atoms with Crippen LogP contribution in [0.3, 0.4) is 0 Å². The second kappa shape index (κ2) is 7.78. The number of rotatable bonds is 5. The lowest BCUT2D eigenvalue weighted by Crippen LogP contribution is -2.42. The number of carbonyl (C=O) groups excluding carboxylic acids is 1. The quantitative estimate of drug-likeness (QED) is 0.833. The van der Waals surface area contributed by atoms with Gasteiger partial charge in [-0.3, -0.25) is 4.79 Å². The molecule has 1 amide bonds. The second-order valence-electron chi connectivity index (χ2n) is 6.80. The Labute approximate surface area is 148 Å². The van der Waals surface area contributed by atoms with Gasteiger partial charge in [-0.25, -0.2) is 0 Å². The lowest BCUT2D eigenvalue weighted by Gasteiger charge is -2.33. The number of ether oxygens (including phenoxy) is 1. The standard InChI is InChI=1S/C19H25N3O3/c1-13(2)18-20-17(21-25-18)15-10-7-11-22(12-15)19(23)16(24-3)14-8-5-4-6-9-14/h4-6,8-9,13,15-16H,7,10-12H2,1-3H3/t15-,16-/m1/s1. The summed E-state index contributed by atoms with van der Waals surface area (Å²) in [6.45, 7) is 5.38. The van der Waals surface area contributed by atoms with Crippen LogP contribution in [0.25, 0.3) is 0 Å². The molecule has 6 heteroatoms. The number of piperidine rings is 1. The zero-order valence-corrected chi connectivity index (χ0v) is 15.0. The van der Waals surface area contributed by atoms with Crippen LogP contribution in [-0.2, 0) is 9.53 Å². The third-order valence-corrected chi connectivity index (χ3v) is 4.61. The van der Waals surface area contributed by atoms with Gasteiger partial charge >= 0.3 is 0 Å². The number of methoxy groups -OCH3 is 1. The summed E-state index contributed by atoms with van der Waals surface area (Å²) in [5.41, 5.74) is 0.874. The maximum Gasteiger partial charge on any atom is 0.256 e. The minimum Gasteiger partial charge on any atom is -0.367 e. The van der Waals surface area contributed by atoms with Crippen LogP contribution in [-0.4, -0.2) is 41.1 Å². The summed E-state index contributed by atoms with van der Waals surface area (Å²) in [5.74, 6) is 1.67. The monoisotopic (exact) mass is 343 g/mol. The molecular weight excluding hydrogens is 318 g/mol. The van der Waals surface area contributed by atoms with Crippen LogP contribution < -0.4 is 0 Å². The van der Waals surface area contributed by atoms with Gasteiger partial charge in [-0.2, -0.15) is 4.98 Å². The molecule has 0 spiro atoms. The van der Waals surface area contributed by atoms with Crippen LogP contribution in [0.5, 0.6) is 0 Å². The molecule has 0 saturated carbocycles. The van der Waals surface area contributed by atoms with Gasteiger partial charge in [0.1, 0.15) is 0 Å². The van der Waals surface area contributed by atoms with Gasteiger partial charge in [-0.05, 0) is 18.4 Å². The summed E-state index contributed by atoms with van der Waals surface area (Å²) in [7, 11) is 1.57. The van der Waals surface area contributed by atoms with E-state index in [9.17, 15) is 4.79 Å². The molecule has 0 bridgehead atoms. The summed E-state index contributed by atoms with van der Waals surface area (Å²) in [6, 6.07) is 9.60. The molecule has 0 unspecified atom stereocenters. The van der Waals surface area contributed by atoms with E-state index in [-0.39, 0.29) is 17.7 Å². The van der Waals surface area contributed by atoms with E-state index in [1.807, 2.05) is 49.1 Å². The number of hydrogen-bond donors (Lipinski definition) is 0. The molecule has 0 aliphatic carbocycles. The highest BCUT2D eigenvalue weighted by Gasteiger charge is 2.32. The first-order chi connectivity index (χ1) is 12.1. The molecule has 1 aliphatic rings. The fourth-order valence-electron chi connectivity index (χ4n) is 3.21. The molecule has 2 atom stereocenters. The van der Waals surface area contributed by atoms with E-state index in [2.05, 4.69) is 10.1 Å². The van der Waals surface area contributed by atoms with E-state index in [4.69, 9.17) is 9.26 Å². The highest BCUT2D eigenvalue weighted by Crippen LogP contribution is 2.28. The number of likely N-dealkylation sites (tertiary alicyclic amines) is 1. The molecule has 1 aliphatic heterocycles. The largest absolute Gasteiger partial charge is 0.367 e. The zero-order valence-electron chi connectivity index (χ0n) is 15.0. The Balaban J connectivity index is 1.72. The summed E-state index contributed by atoms with van der Waals surface area (Å²) < 4.78 is 10.8.